The molecular weight excluding hydrogens is 190 g/mol. The maximum Gasteiger partial charge on any atom is 0.256 e. The second-order valence-corrected chi connectivity index (χ2v) is 3.05. The lowest BCUT2D eigenvalue weighted by atomic mass is 10.3. The van der Waals surface area contributed by atoms with E-state index >= 15 is 0 Å². The minimum atomic E-state index is -1.19. The van der Waals surface area contributed by atoms with E-state index in [-0.39, 0.29) is 0 Å². The van der Waals surface area contributed by atoms with Crippen LogP contribution in [0, 0.1) is 0 Å². The average Bonchev–Trinajstić information content (AvgIpc) is 2.53. The number of methoxy groups -OCH3 is 4. The molecule has 0 unspecified atom stereocenters. The minimum Gasteiger partial charge on any atom is -0.339 e. The standard InChI is InChI=1S/C8H17NO5/c1-11-7(12-2)5-6-8(13-3,14-4)9(7)10/h10H,5-6H2,1-4H3. The molecule has 0 aromatic rings. The Balaban J connectivity index is 2.90. The second-order valence-electron chi connectivity index (χ2n) is 3.05. The van der Waals surface area contributed by atoms with Gasteiger partial charge in [0.1, 0.15) is 0 Å². The van der Waals surface area contributed by atoms with Gasteiger partial charge in [-0.2, -0.15) is 0 Å². The van der Waals surface area contributed by atoms with E-state index in [0.717, 1.165) is 5.06 Å². The van der Waals surface area contributed by atoms with Crippen LogP contribution in [0.25, 0.3) is 0 Å². The van der Waals surface area contributed by atoms with Crippen LogP contribution in [0.1, 0.15) is 12.8 Å². The predicted molar refractivity (Wildman–Crippen MR) is 46.4 cm³/mol. The zero-order valence-corrected chi connectivity index (χ0v) is 8.94. The molecule has 0 radical (unpaired) electrons. The maximum atomic E-state index is 9.88. The van der Waals surface area contributed by atoms with Crippen LogP contribution in [-0.2, 0) is 18.9 Å². The summed E-state index contributed by atoms with van der Waals surface area (Å²) in [6.07, 6.45) is 0.913. The Kier molecular flexibility index (Phi) is 3.46. The van der Waals surface area contributed by atoms with E-state index in [0.29, 0.717) is 12.8 Å². The SMILES string of the molecule is COC1(OC)CCC(OC)(OC)N1O. The van der Waals surface area contributed by atoms with Crippen molar-refractivity contribution in [3.05, 3.63) is 0 Å². The van der Waals surface area contributed by atoms with Gasteiger partial charge in [0, 0.05) is 41.3 Å². The van der Waals surface area contributed by atoms with E-state index < -0.39 is 11.8 Å². The Hall–Kier alpha value is -0.240. The first kappa shape index (κ1) is 11.8. The summed E-state index contributed by atoms with van der Waals surface area (Å²) in [5, 5.41) is 10.7. The highest BCUT2D eigenvalue weighted by Crippen LogP contribution is 2.41. The van der Waals surface area contributed by atoms with Gasteiger partial charge >= 0.3 is 0 Å². The molecule has 6 heteroatoms. The zero-order valence-electron chi connectivity index (χ0n) is 8.94. The lowest BCUT2D eigenvalue weighted by molar-refractivity contribution is -0.458. The fourth-order valence-corrected chi connectivity index (χ4v) is 1.71. The van der Waals surface area contributed by atoms with Crippen LogP contribution in [0.4, 0.5) is 0 Å². The molecule has 84 valence electrons. The van der Waals surface area contributed by atoms with E-state index in [2.05, 4.69) is 0 Å². The first-order chi connectivity index (χ1) is 6.60. The summed E-state index contributed by atoms with van der Waals surface area (Å²) >= 11 is 0. The van der Waals surface area contributed by atoms with E-state index in [1.807, 2.05) is 0 Å². The van der Waals surface area contributed by atoms with Gasteiger partial charge in [0.15, 0.2) is 0 Å². The molecule has 0 atom stereocenters. The molecule has 1 saturated heterocycles. The van der Waals surface area contributed by atoms with Crippen molar-refractivity contribution in [2.24, 2.45) is 0 Å². The summed E-state index contributed by atoms with van der Waals surface area (Å²) in [4.78, 5) is 0. The lowest BCUT2D eigenvalue weighted by Crippen LogP contribution is -2.56. The van der Waals surface area contributed by atoms with Gasteiger partial charge in [0.25, 0.3) is 11.8 Å². The van der Waals surface area contributed by atoms with Gasteiger partial charge in [0.2, 0.25) is 0 Å². The minimum absolute atomic E-state index is 0.457. The van der Waals surface area contributed by atoms with Gasteiger partial charge in [0.05, 0.1) is 0 Å². The lowest BCUT2D eigenvalue weighted by Gasteiger charge is -2.37. The molecule has 1 aliphatic heterocycles. The van der Waals surface area contributed by atoms with Crippen molar-refractivity contribution in [2.75, 3.05) is 28.4 Å². The van der Waals surface area contributed by atoms with Crippen LogP contribution in [0.5, 0.6) is 0 Å². The van der Waals surface area contributed by atoms with Crippen LogP contribution < -0.4 is 0 Å². The first-order valence-electron chi connectivity index (χ1n) is 4.30. The summed E-state index contributed by atoms with van der Waals surface area (Å²) in [5.41, 5.74) is 0. The molecule has 6 nitrogen and oxygen atoms in total. The van der Waals surface area contributed by atoms with Crippen molar-refractivity contribution in [1.29, 1.82) is 0 Å². The molecule has 14 heavy (non-hydrogen) atoms. The zero-order chi connectivity index (χ0) is 10.8. The Labute approximate surface area is 83.3 Å². The van der Waals surface area contributed by atoms with E-state index in [4.69, 9.17) is 18.9 Å². The summed E-state index contributed by atoms with van der Waals surface area (Å²) < 4.78 is 20.5. The average molecular weight is 207 g/mol. The largest absolute Gasteiger partial charge is 0.339 e. The van der Waals surface area contributed by atoms with Gasteiger partial charge < -0.3 is 24.2 Å². The van der Waals surface area contributed by atoms with Crippen molar-refractivity contribution < 1.29 is 24.2 Å². The van der Waals surface area contributed by atoms with Crippen LogP contribution in [-0.4, -0.2) is 50.5 Å². The third kappa shape index (κ3) is 1.44. The van der Waals surface area contributed by atoms with Crippen molar-refractivity contribution in [2.45, 2.75) is 24.7 Å². The second kappa shape index (κ2) is 4.09. The van der Waals surface area contributed by atoms with Crippen LogP contribution in [0.3, 0.4) is 0 Å². The smallest absolute Gasteiger partial charge is 0.256 e. The molecule has 0 aromatic carbocycles. The van der Waals surface area contributed by atoms with Crippen molar-refractivity contribution in [3.8, 4) is 0 Å². The molecule has 1 heterocycles. The van der Waals surface area contributed by atoms with Gasteiger partial charge in [-0.3, -0.25) is 0 Å². The quantitative estimate of drug-likeness (QED) is 0.672. The summed E-state index contributed by atoms with van der Waals surface area (Å²) in [7, 11) is 5.81. The van der Waals surface area contributed by atoms with Crippen LogP contribution in [0.15, 0.2) is 0 Å². The number of rotatable bonds is 4. The molecule has 0 saturated carbocycles. The Morgan fingerprint density at radius 3 is 1.29 bits per heavy atom. The predicted octanol–water partition coefficient (Wildman–Crippen LogP) is 0.365. The van der Waals surface area contributed by atoms with E-state index in [1.165, 1.54) is 28.4 Å². The highest BCUT2D eigenvalue weighted by atomic mass is 16.8. The molecule has 0 spiro atoms. The van der Waals surface area contributed by atoms with Crippen molar-refractivity contribution in [3.63, 3.8) is 0 Å². The maximum absolute atomic E-state index is 9.88. The number of hydroxylamine groups is 2. The number of hydrogen-bond donors (Lipinski definition) is 1. The Morgan fingerprint density at radius 2 is 1.14 bits per heavy atom. The first-order valence-corrected chi connectivity index (χ1v) is 4.30. The van der Waals surface area contributed by atoms with Crippen molar-refractivity contribution >= 4 is 0 Å². The molecular formula is C8H17NO5. The van der Waals surface area contributed by atoms with E-state index in [1.54, 1.807) is 0 Å². The third-order valence-electron chi connectivity index (χ3n) is 2.68. The topological polar surface area (TPSA) is 60.4 Å². The summed E-state index contributed by atoms with van der Waals surface area (Å²) in [5.74, 6) is -2.38. The Morgan fingerprint density at radius 1 is 0.857 bits per heavy atom. The molecule has 0 bridgehead atoms. The van der Waals surface area contributed by atoms with Crippen molar-refractivity contribution in [1.82, 2.24) is 5.06 Å². The summed E-state index contributed by atoms with van der Waals surface area (Å²) in [6.45, 7) is 0. The number of ether oxygens (including phenoxy) is 4. The highest BCUT2D eigenvalue weighted by Gasteiger charge is 2.58. The van der Waals surface area contributed by atoms with Crippen LogP contribution >= 0.6 is 0 Å². The Bertz CT molecular complexity index is 170. The molecule has 1 fully saturated rings. The third-order valence-corrected chi connectivity index (χ3v) is 2.68. The number of nitrogens with zero attached hydrogens (tertiary/aromatic N) is 1. The van der Waals surface area contributed by atoms with Crippen LogP contribution in [0.2, 0.25) is 0 Å². The van der Waals surface area contributed by atoms with Gasteiger partial charge in [-0.15, -0.1) is 0 Å². The fraction of sp³-hybridized carbons (Fsp3) is 1.00. The molecule has 1 rings (SSSR count). The molecule has 1 aliphatic rings. The van der Waals surface area contributed by atoms with Gasteiger partial charge in [-0.1, -0.05) is 5.06 Å². The van der Waals surface area contributed by atoms with Gasteiger partial charge in [-0.05, 0) is 0 Å². The molecule has 1 N–H and O–H groups in total. The monoisotopic (exact) mass is 207 g/mol. The molecule has 0 amide bonds. The highest BCUT2D eigenvalue weighted by molar-refractivity contribution is 4.83. The summed E-state index contributed by atoms with van der Waals surface area (Å²) in [6, 6.07) is 0. The fourth-order valence-electron chi connectivity index (χ4n) is 1.71. The molecule has 0 aliphatic carbocycles. The van der Waals surface area contributed by atoms with E-state index in [9.17, 15) is 5.21 Å². The molecule has 0 aromatic heterocycles. The number of hydrogen-bond acceptors (Lipinski definition) is 6. The van der Waals surface area contributed by atoms with Gasteiger partial charge in [-0.25, -0.2) is 0 Å². The normalized spacial score (nSPS) is 25.5.